The monoisotopic (exact) mass is 471 g/mol. The molecule has 0 unspecified atom stereocenters. The van der Waals surface area contributed by atoms with Crippen molar-refractivity contribution < 1.29 is 18.7 Å². The lowest BCUT2D eigenvalue weighted by Gasteiger charge is -2.37. The summed E-state index contributed by atoms with van der Waals surface area (Å²) in [7, 11) is 0. The highest BCUT2D eigenvalue weighted by molar-refractivity contribution is 7.17. The summed E-state index contributed by atoms with van der Waals surface area (Å²) in [6.07, 6.45) is 0.792. The maximum Gasteiger partial charge on any atom is 0.264 e. The molecule has 0 bridgehead atoms. The number of rotatable bonds is 3. The first kappa shape index (κ1) is 20.9. The SMILES string of the molecule is O=C(c1ccc(-c2ccc3c(c2)OCCO3)s1)N1CCc2ccccc2[C@H]1c1ccc(F)cc1. The molecule has 34 heavy (non-hydrogen) atoms. The van der Waals surface area contributed by atoms with Gasteiger partial charge in [0.15, 0.2) is 11.5 Å². The largest absolute Gasteiger partial charge is 0.486 e. The van der Waals surface area contributed by atoms with Gasteiger partial charge in [-0.25, -0.2) is 4.39 Å². The fourth-order valence-electron chi connectivity index (χ4n) is 4.74. The van der Waals surface area contributed by atoms with Crippen molar-refractivity contribution in [2.75, 3.05) is 19.8 Å². The van der Waals surface area contributed by atoms with Crippen LogP contribution in [0.1, 0.15) is 32.4 Å². The summed E-state index contributed by atoms with van der Waals surface area (Å²) in [4.78, 5) is 17.3. The summed E-state index contributed by atoms with van der Waals surface area (Å²) in [5.41, 5.74) is 4.22. The van der Waals surface area contributed by atoms with Crippen LogP contribution in [0.4, 0.5) is 4.39 Å². The van der Waals surface area contributed by atoms with Gasteiger partial charge in [0, 0.05) is 11.4 Å². The Morgan fingerprint density at radius 2 is 1.71 bits per heavy atom. The van der Waals surface area contributed by atoms with Gasteiger partial charge in [-0.05, 0) is 71.1 Å². The lowest BCUT2D eigenvalue weighted by Crippen LogP contribution is -2.40. The zero-order chi connectivity index (χ0) is 23.1. The molecule has 0 N–H and O–H groups in total. The molecule has 6 rings (SSSR count). The second-order valence-electron chi connectivity index (χ2n) is 8.42. The van der Waals surface area contributed by atoms with E-state index in [4.69, 9.17) is 9.47 Å². The van der Waals surface area contributed by atoms with E-state index in [0.717, 1.165) is 39.5 Å². The summed E-state index contributed by atoms with van der Waals surface area (Å²) in [6, 6.07) is 24.2. The maximum atomic E-state index is 13.8. The van der Waals surface area contributed by atoms with Gasteiger partial charge in [0.1, 0.15) is 19.0 Å². The fourth-order valence-corrected chi connectivity index (χ4v) is 5.69. The van der Waals surface area contributed by atoms with Gasteiger partial charge >= 0.3 is 0 Å². The Balaban J connectivity index is 1.34. The molecule has 0 spiro atoms. The molecule has 3 aromatic carbocycles. The average Bonchev–Trinajstić information content (AvgIpc) is 3.38. The summed E-state index contributed by atoms with van der Waals surface area (Å²) < 4.78 is 25.0. The van der Waals surface area contributed by atoms with Crippen molar-refractivity contribution in [3.05, 3.63) is 106 Å². The van der Waals surface area contributed by atoms with Crippen LogP contribution in [0.25, 0.3) is 10.4 Å². The minimum Gasteiger partial charge on any atom is -0.486 e. The van der Waals surface area contributed by atoms with Gasteiger partial charge in [0.2, 0.25) is 0 Å². The molecule has 1 aromatic heterocycles. The summed E-state index contributed by atoms with van der Waals surface area (Å²) in [5.74, 6) is 1.18. The number of thiophene rings is 1. The standard InChI is InChI=1S/C28H22FNO3S/c29-21-8-5-19(6-9-21)27-22-4-2-1-3-18(22)13-14-30(27)28(31)26-12-11-25(34-26)20-7-10-23-24(17-20)33-16-15-32-23/h1-12,17,27H,13-16H2/t27-/m1/s1. The highest BCUT2D eigenvalue weighted by Gasteiger charge is 2.33. The van der Waals surface area contributed by atoms with Crippen molar-refractivity contribution in [1.82, 2.24) is 4.90 Å². The zero-order valence-corrected chi connectivity index (χ0v) is 19.2. The van der Waals surface area contributed by atoms with Gasteiger partial charge in [0.05, 0.1) is 10.9 Å². The molecular weight excluding hydrogens is 449 g/mol. The van der Waals surface area contributed by atoms with E-state index < -0.39 is 0 Å². The molecule has 0 radical (unpaired) electrons. The Morgan fingerprint density at radius 1 is 0.912 bits per heavy atom. The van der Waals surface area contributed by atoms with E-state index in [2.05, 4.69) is 12.1 Å². The van der Waals surface area contributed by atoms with Crippen molar-refractivity contribution in [2.45, 2.75) is 12.5 Å². The fraction of sp³-hybridized carbons (Fsp3) is 0.179. The van der Waals surface area contributed by atoms with E-state index >= 15 is 0 Å². The summed E-state index contributed by atoms with van der Waals surface area (Å²) in [5, 5.41) is 0. The minimum atomic E-state index is -0.284. The van der Waals surface area contributed by atoms with Crippen LogP contribution in [0.2, 0.25) is 0 Å². The van der Waals surface area contributed by atoms with Gasteiger partial charge in [-0.15, -0.1) is 11.3 Å². The second-order valence-corrected chi connectivity index (χ2v) is 9.51. The topological polar surface area (TPSA) is 38.8 Å². The number of carbonyl (C=O) groups excluding carboxylic acids is 1. The number of halogens is 1. The maximum absolute atomic E-state index is 13.8. The lowest BCUT2D eigenvalue weighted by molar-refractivity contribution is 0.0699. The summed E-state index contributed by atoms with van der Waals surface area (Å²) in [6.45, 7) is 1.69. The molecule has 2 aliphatic heterocycles. The first-order chi connectivity index (χ1) is 16.7. The molecule has 0 saturated carbocycles. The predicted octanol–water partition coefficient (Wildman–Crippen LogP) is 6.11. The Kier molecular flexibility index (Phi) is 5.30. The number of fused-ring (bicyclic) bond motifs is 2. The van der Waals surface area contributed by atoms with Crippen molar-refractivity contribution in [3.63, 3.8) is 0 Å². The van der Waals surface area contributed by atoms with Crippen LogP contribution < -0.4 is 9.47 Å². The van der Waals surface area contributed by atoms with Crippen LogP contribution in [0.3, 0.4) is 0 Å². The van der Waals surface area contributed by atoms with Crippen LogP contribution in [0.5, 0.6) is 11.5 Å². The normalized spacial score (nSPS) is 16.7. The molecule has 2 aliphatic rings. The number of ether oxygens (including phenoxy) is 2. The third-order valence-corrected chi connectivity index (χ3v) is 7.50. The van der Waals surface area contributed by atoms with Gasteiger partial charge in [0.25, 0.3) is 5.91 Å². The molecule has 170 valence electrons. The Bertz CT molecular complexity index is 1360. The van der Waals surface area contributed by atoms with E-state index in [1.807, 2.05) is 47.4 Å². The molecule has 0 aliphatic carbocycles. The van der Waals surface area contributed by atoms with E-state index in [-0.39, 0.29) is 17.8 Å². The predicted molar refractivity (Wildman–Crippen MR) is 130 cm³/mol. The lowest BCUT2D eigenvalue weighted by atomic mass is 9.88. The molecule has 3 heterocycles. The molecule has 0 fully saturated rings. The van der Waals surface area contributed by atoms with Gasteiger partial charge in [-0.3, -0.25) is 4.79 Å². The van der Waals surface area contributed by atoms with Gasteiger partial charge in [-0.2, -0.15) is 0 Å². The van der Waals surface area contributed by atoms with Crippen LogP contribution in [0.15, 0.2) is 78.9 Å². The molecule has 6 heteroatoms. The van der Waals surface area contributed by atoms with Crippen molar-refractivity contribution in [1.29, 1.82) is 0 Å². The quantitative estimate of drug-likeness (QED) is 0.362. The molecule has 1 atom stereocenters. The highest BCUT2D eigenvalue weighted by atomic mass is 32.1. The smallest absolute Gasteiger partial charge is 0.264 e. The van der Waals surface area contributed by atoms with E-state index in [9.17, 15) is 9.18 Å². The van der Waals surface area contributed by atoms with Crippen LogP contribution in [-0.4, -0.2) is 30.6 Å². The first-order valence-corrected chi connectivity index (χ1v) is 12.1. The number of benzene rings is 3. The highest BCUT2D eigenvalue weighted by Crippen LogP contribution is 2.39. The second kappa shape index (κ2) is 8.61. The molecule has 4 nitrogen and oxygen atoms in total. The van der Waals surface area contributed by atoms with E-state index in [1.54, 1.807) is 12.1 Å². The number of nitrogens with zero attached hydrogens (tertiary/aromatic N) is 1. The van der Waals surface area contributed by atoms with Crippen molar-refractivity contribution >= 4 is 17.2 Å². The van der Waals surface area contributed by atoms with E-state index in [0.29, 0.717) is 24.6 Å². The Morgan fingerprint density at radius 3 is 2.56 bits per heavy atom. The van der Waals surface area contributed by atoms with E-state index in [1.165, 1.54) is 29.0 Å². The Hall–Kier alpha value is -3.64. The number of amides is 1. The van der Waals surface area contributed by atoms with Crippen molar-refractivity contribution in [3.8, 4) is 21.9 Å². The number of carbonyl (C=O) groups is 1. The minimum absolute atomic E-state index is 0.0161. The molecular formula is C28H22FNO3S. The van der Waals surface area contributed by atoms with Crippen LogP contribution in [-0.2, 0) is 6.42 Å². The number of hydrogen-bond acceptors (Lipinski definition) is 4. The average molecular weight is 472 g/mol. The zero-order valence-electron chi connectivity index (χ0n) is 18.4. The summed E-state index contributed by atoms with van der Waals surface area (Å²) >= 11 is 1.47. The Labute approximate surface area is 201 Å². The third-order valence-electron chi connectivity index (χ3n) is 6.37. The van der Waals surface area contributed by atoms with Gasteiger partial charge in [-0.1, -0.05) is 36.4 Å². The molecule has 0 saturated heterocycles. The van der Waals surface area contributed by atoms with Crippen LogP contribution in [0, 0.1) is 5.82 Å². The molecule has 4 aromatic rings. The van der Waals surface area contributed by atoms with Crippen molar-refractivity contribution in [2.24, 2.45) is 0 Å². The van der Waals surface area contributed by atoms with Crippen LogP contribution >= 0.6 is 11.3 Å². The first-order valence-electron chi connectivity index (χ1n) is 11.3. The van der Waals surface area contributed by atoms with Gasteiger partial charge < -0.3 is 14.4 Å². The number of hydrogen-bond donors (Lipinski definition) is 0. The molecule has 1 amide bonds. The third kappa shape index (κ3) is 3.74.